The molecule has 0 aliphatic heterocycles. The smallest absolute Gasteiger partial charge is 0.146 e. The fourth-order valence-corrected chi connectivity index (χ4v) is 5.33. The zero-order valence-corrected chi connectivity index (χ0v) is 13.9. The first-order valence-corrected chi connectivity index (χ1v) is 8.67. The number of hydrogen-bond acceptors (Lipinski definition) is 3. The number of allylic oxidation sites excluding steroid dienone is 4. The summed E-state index contributed by atoms with van der Waals surface area (Å²) in [7, 11) is 0. The second-order valence-corrected chi connectivity index (χ2v) is 7.64. The first-order valence-electron chi connectivity index (χ1n) is 8.67. The molecule has 0 spiro atoms. The van der Waals surface area contributed by atoms with Crippen LogP contribution >= 0.6 is 0 Å². The van der Waals surface area contributed by atoms with Crippen LogP contribution in [0.2, 0.25) is 0 Å². The molecule has 0 bridgehead atoms. The molecule has 0 aromatic rings. The highest BCUT2D eigenvalue weighted by molar-refractivity contribution is 5.75. The lowest BCUT2D eigenvalue weighted by Crippen LogP contribution is -2.33. The highest BCUT2D eigenvalue weighted by Gasteiger charge is 2.61. The zero-order valence-electron chi connectivity index (χ0n) is 13.9. The van der Waals surface area contributed by atoms with E-state index in [2.05, 4.69) is 13.0 Å². The fraction of sp³-hybridized carbons (Fsp3) is 0.600. The Kier molecular flexibility index (Phi) is 4.41. The minimum atomic E-state index is -0.531. The first-order chi connectivity index (χ1) is 11.0. The van der Waals surface area contributed by atoms with Crippen LogP contribution in [0.3, 0.4) is 0 Å². The van der Waals surface area contributed by atoms with Gasteiger partial charge in [-0.2, -0.15) is 0 Å². The minimum absolute atomic E-state index is 0.0294. The number of carbonyl (C=O) groups is 2. The van der Waals surface area contributed by atoms with Gasteiger partial charge in [-0.1, -0.05) is 31.2 Å². The molecule has 23 heavy (non-hydrogen) atoms. The minimum Gasteiger partial charge on any atom is -0.392 e. The molecule has 0 saturated heterocycles. The van der Waals surface area contributed by atoms with E-state index in [-0.39, 0.29) is 11.3 Å². The molecule has 1 N–H and O–H groups in total. The largest absolute Gasteiger partial charge is 0.392 e. The Balaban J connectivity index is 1.97. The highest BCUT2D eigenvalue weighted by Crippen LogP contribution is 2.63. The molecule has 0 amide bonds. The Morgan fingerprint density at radius 2 is 2.09 bits per heavy atom. The molecule has 2 saturated carbocycles. The van der Waals surface area contributed by atoms with Gasteiger partial charge in [0.15, 0.2) is 0 Å². The molecular weight excluding hydrogens is 288 g/mol. The maximum absolute atomic E-state index is 11.5. The molecule has 3 aliphatic carbocycles. The number of aliphatic hydroxyl groups is 1. The Bertz CT molecular complexity index is 586. The molecule has 3 heteroatoms. The monoisotopic (exact) mass is 314 g/mol. The Hall–Kier alpha value is -1.48. The number of aliphatic hydroxyl groups excluding tert-OH is 1. The average molecular weight is 314 g/mol. The van der Waals surface area contributed by atoms with Crippen LogP contribution in [0.4, 0.5) is 0 Å². The van der Waals surface area contributed by atoms with E-state index >= 15 is 0 Å². The van der Waals surface area contributed by atoms with E-state index in [1.54, 1.807) is 13.0 Å². The van der Waals surface area contributed by atoms with Crippen molar-refractivity contribution in [3.05, 3.63) is 35.5 Å². The fourth-order valence-electron chi connectivity index (χ4n) is 5.33. The maximum Gasteiger partial charge on any atom is 0.146 e. The van der Waals surface area contributed by atoms with Gasteiger partial charge in [0.1, 0.15) is 12.6 Å². The molecule has 3 rings (SSSR count). The van der Waals surface area contributed by atoms with Gasteiger partial charge in [0, 0.05) is 11.3 Å². The van der Waals surface area contributed by atoms with Crippen molar-refractivity contribution in [3.63, 3.8) is 0 Å². The summed E-state index contributed by atoms with van der Waals surface area (Å²) in [4.78, 5) is 22.3. The Labute approximate surface area is 138 Å². The van der Waals surface area contributed by atoms with Crippen LogP contribution in [0.15, 0.2) is 35.5 Å². The number of hydrogen-bond donors (Lipinski definition) is 1. The van der Waals surface area contributed by atoms with Crippen molar-refractivity contribution < 1.29 is 14.7 Å². The molecule has 6 atom stereocenters. The van der Waals surface area contributed by atoms with Gasteiger partial charge in [-0.3, -0.25) is 9.59 Å². The Morgan fingerprint density at radius 3 is 2.78 bits per heavy atom. The molecule has 2 fully saturated rings. The van der Waals surface area contributed by atoms with Crippen molar-refractivity contribution in [2.75, 3.05) is 0 Å². The molecule has 0 aromatic heterocycles. The summed E-state index contributed by atoms with van der Waals surface area (Å²) in [5.41, 5.74) is 1.14. The summed E-state index contributed by atoms with van der Waals surface area (Å²) in [6, 6.07) is 0. The number of carbonyl (C=O) groups excluding carboxylic acids is 2. The van der Waals surface area contributed by atoms with E-state index in [9.17, 15) is 14.7 Å². The zero-order chi connectivity index (χ0) is 16.6. The third-order valence-corrected chi connectivity index (χ3v) is 6.49. The number of aldehydes is 2. The molecule has 0 radical (unpaired) electrons. The van der Waals surface area contributed by atoms with Gasteiger partial charge < -0.3 is 5.11 Å². The molecule has 3 aliphatic rings. The molecule has 124 valence electrons. The predicted molar refractivity (Wildman–Crippen MR) is 89.6 cm³/mol. The van der Waals surface area contributed by atoms with E-state index in [1.165, 1.54) is 6.42 Å². The first kappa shape index (κ1) is 16.4. The van der Waals surface area contributed by atoms with Crippen LogP contribution in [-0.4, -0.2) is 23.8 Å². The average Bonchev–Trinajstić information content (AvgIpc) is 2.97. The third-order valence-electron chi connectivity index (χ3n) is 6.49. The van der Waals surface area contributed by atoms with Crippen molar-refractivity contribution >= 4 is 12.6 Å². The summed E-state index contributed by atoms with van der Waals surface area (Å²) in [5, 5.41) is 11.1. The predicted octanol–water partition coefficient (Wildman–Crippen LogP) is 3.25. The summed E-state index contributed by atoms with van der Waals surface area (Å²) in [5.74, 6) is 1.42. The second kappa shape index (κ2) is 6.20. The van der Waals surface area contributed by atoms with Crippen molar-refractivity contribution in [2.24, 2.45) is 29.1 Å². The summed E-state index contributed by atoms with van der Waals surface area (Å²) >= 11 is 0. The van der Waals surface area contributed by atoms with Crippen LogP contribution < -0.4 is 0 Å². The van der Waals surface area contributed by atoms with Gasteiger partial charge >= 0.3 is 0 Å². The Morgan fingerprint density at radius 1 is 1.30 bits per heavy atom. The van der Waals surface area contributed by atoms with Crippen molar-refractivity contribution in [1.29, 1.82) is 0 Å². The van der Waals surface area contributed by atoms with Crippen LogP contribution in [-0.2, 0) is 9.59 Å². The topological polar surface area (TPSA) is 54.4 Å². The van der Waals surface area contributed by atoms with Gasteiger partial charge in [0.05, 0.1) is 6.10 Å². The summed E-state index contributed by atoms with van der Waals surface area (Å²) in [6.45, 7) is 3.88. The van der Waals surface area contributed by atoms with Crippen LogP contribution in [0.5, 0.6) is 0 Å². The van der Waals surface area contributed by atoms with E-state index in [1.807, 2.05) is 12.2 Å². The normalized spacial score (nSPS) is 43.2. The molecule has 3 nitrogen and oxygen atoms in total. The lowest BCUT2D eigenvalue weighted by atomic mass is 9.75. The van der Waals surface area contributed by atoms with Gasteiger partial charge in [-0.05, 0) is 61.5 Å². The third kappa shape index (κ3) is 2.55. The summed E-state index contributed by atoms with van der Waals surface area (Å²) < 4.78 is 0. The van der Waals surface area contributed by atoms with Crippen molar-refractivity contribution in [2.45, 2.75) is 45.6 Å². The second-order valence-electron chi connectivity index (χ2n) is 7.64. The van der Waals surface area contributed by atoms with E-state index in [4.69, 9.17) is 0 Å². The quantitative estimate of drug-likeness (QED) is 0.492. The standard InChI is InChI=1S/C20H26O3/c1-13(11-21)5-4-10-20(2)16-9-8-14-6-3-7-15(12-22)18(17(14)16)19(20)23/h4-5,7,10-12,14,16-19,23H,3,6,8-9H2,1-2H3/b10-4+,13-5?/t14-,16-,17+,18-,19+,20+/m0/s1. The van der Waals surface area contributed by atoms with E-state index in [0.29, 0.717) is 23.3 Å². The van der Waals surface area contributed by atoms with Crippen molar-refractivity contribution in [1.82, 2.24) is 0 Å². The van der Waals surface area contributed by atoms with Gasteiger partial charge in [-0.25, -0.2) is 0 Å². The highest BCUT2D eigenvalue weighted by atomic mass is 16.3. The van der Waals surface area contributed by atoms with Crippen LogP contribution in [0.1, 0.15) is 39.5 Å². The molecule has 0 unspecified atom stereocenters. The van der Waals surface area contributed by atoms with E-state index in [0.717, 1.165) is 37.4 Å². The lowest BCUT2D eigenvalue weighted by molar-refractivity contribution is -0.106. The van der Waals surface area contributed by atoms with Crippen LogP contribution in [0.25, 0.3) is 0 Å². The molecule has 0 heterocycles. The molecule has 0 aromatic carbocycles. The SMILES string of the molecule is CC(C=O)=C/C=C/[C@@]1(C)[C@H](O)[C@H]2C(C=O)=CCC[C@H]3CC[C@H]1[C@@H]32. The maximum atomic E-state index is 11.5. The van der Waals surface area contributed by atoms with E-state index < -0.39 is 6.10 Å². The van der Waals surface area contributed by atoms with Gasteiger partial charge in [0.2, 0.25) is 0 Å². The lowest BCUT2D eigenvalue weighted by Gasteiger charge is -2.31. The van der Waals surface area contributed by atoms with Crippen LogP contribution in [0, 0.1) is 29.1 Å². The van der Waals surface area contributed by atoms with Gasteiger partial charge in [0.25, 0.3) is 0 Å². The summed E-state index contributed by atoms with van der Waals surface area (Å²) in [6.07, 6.45) is 13.5. The van der Waals surface area contributed by atoms with Gasteiger partial charge in [-0.15, -0.1) is 0 Å². The molecular formula is C20H26O3. The number of rotatable bonds is 4. The van der Waals surface area contributed by atoms with Crippen molar-refractivity contribution in [3.8, 4) is 0 Å².